The van der Waals surface area contributed by atoms with Gasteiger partial charge in [-0.1, -0.05) is 6.92 Å². The number of primary amides is 3. The Labute approximate surface area is 84.4 Å². The standard InChI is InChI=1S/C6H11N3O6/c1-2-6(13-3(7)10,14-4(8)11)15-5(9)12/h2H2,1H3,(H2,7,10)(H2,8,11)(H2,9,12). The first-order valence-electron chi connectivity index (χ1n) is 3.76. The van der Waals surface area contributed by atoms with Crippen LogP contribution in [0.5, 0.6) is 0 Å². The minimum atomic E-state index is -2.32. The molecule has 9 heteroatoms. The summed E-state index contributed by atoms with van der Waals surface area (Å²) in [5, 5.41) is 0. The number of hydrogen-bond donors (Lipinski definition) is 3. The average Bonchev–Trinajstić information content (AvgIpc) is 1.99. The van der Waals surface area contributed by atoms with Crippen molar-refractivity contribution in [2.45, 2.75) is 19.3 Å². The highest BCUT2D eigenvalue weighted by Crippen LogP contribution is 2.19. The molecule has 0 rings (SSSR count). The molecule has 0 fully saturated rings. The monoisotopic (exact) mass is 221 g/mol. The van der Waals surface area contributed by atoms with Crippen molar-refractivity contribution in [3.05, 3.63) is 0 Å². The highest BCUT2D eigenvalue weighted by atomic mass is 16.9. The van der Waals surface area contributed by atoms with E-state index in [1.165, 1.54) is 6.92 Å². The van der Waals surface area contributed by atoms with Crippen molar-refractivity contribution in [3.8, 4) is 0 Å². The largest absolute Gasteiger partial charge is 0.426 e. The van der Waals surface area contributed by atoms with Crippen molar-refractivity contribution < 1.29 is 28.6 Å². The molecule has 0 radical (unpaired) electrons. The van der Waals surface area contributed by atoms with Gasteiger partial charge in [0.1, 0.15) is 0 Å². The number of nitrogens with two attached hydrogens (primary N) is 3. The molecular formula is C6H11N3O6. The molecule has 0 aliphatic carbocycles. The normalized spacial score (nSPS) is 10.2. The van der Waals surface area contributed by atoms with E-state index in [1.807, 2.05) is 0 Å². The van der Waals surface area contributed by atoms with Crippen LogP contribution < -0.4 is 17.2 Å². The van der Waals surface area contributed by atoms with Gasteiger partial charge in [-0.25, -0.2) is 14.4 Å². The zero-order valence-corrected chi connectivity index (χ0v) is 7.89. The van der Waals surface area contributed by atoms with Gasteiger partial charge in [-0.05, 0) is 0 Å². The van der Waals surface area contributed by atoms with Gasteiger partial charge in [-0.3, -0.25) is 0 Å². The first-order chi connectivity index (χ1) is 6.81. The molecule has 0 saturated heterocycles. The average molecular weight is 221 g/mol. The second-order valence-electron chi connectivity index (χ2n) is 2.30. The molecule has 0 aromatic rings. The van der Waals surface area contributed by atoms with E-state index in [0.717, 1.165) is 0 Å². The molecule has 0 aromatic carbocycles. The predicted molar refractivity (Wildman–Crippen MR) is 45.0 cm³/mol. The topological polar surface area (TPSA) is 157 Å². The van der Waals surface area contributed by atoms with Crippen molar-refractivity contribution in [2.24, 2.45) is 17.2 Å². The van der Waals surface area contributed by atoms with Gasteiger partial charge in [-0.15, -0.1) is 0 Å². The van der Waals surface area contributed by atoms with Crippen molar-refractivity contribution in [1.29, 1.82) is 0 Å². The van der Waals surface area contributed by atoms with Crippen LogP contribution in [0.25, 0.3) is 0 Å². The smallest absolute Gasteiger partial charge is 0.371 e. The summed E-state index contributed by atoms with van der Waals surface area (Å²) in [6.45, 7) is 1.38. The summed E-state index contributed by atoms with van der Waals surface area (Å²) >= 11 is 0. The highest BCUT2D eigenvalue weighted by molar-refractivity contribution is 5.69. The lowest BCUT2D eigenvalue weighted by Gasteiger charge is -2.27. The Morgan fingerprint density at radius 1 is 0.933 bits per heavy atom. The van der Waals surface area contributed by atoms with Crippen molar-refractivity contribution >= 4 is 18.3 Å². The molecule has 0 heterocycles. The Bertz CT molecular complexity index is 237. The lowest BCUT2D eigenvalue weighted by atomic mass is 10.4. The summed E-state index contributed by atoms with van der Waals surface area (Å²) in [6, 6.07) is 0. The van der Waals surface area contributed by atoms with Gasteiger partial charge >= 0.3 is 24.3 Å². The van der Waals surface area contributed by atoms with Crippen LogP contribution in [-0.4, -0.2) is 24.3 Å². The van der Waals surface area contributed by atoms with Crippen LogP contribution in [0, 0.1) is 0 Å². The quantitative estimate of drug-likeness (QED) is 0.534. The molecule has 0 aliphatic heterocycles. The first-order valence-corrected chi connectivity index (χ1v) is 3.76. The third kappa shape index (κ3) is 4.55. The van der Waals surface area contributed by atoms with E-state index in [0.29, 0.717) is 0 Å². The zero-order chi connectivity index (χ0) is 12.1. The van der Waals surface area contributed by atoms with Crippen molar-refractivity contribution in [1.82, 2.24) is 0 Å². The van der Waals surface area contributed by atoms with Crippen LogP contribution in [0.4, 0.5) is 14.4 Å². The summed E-state index contributed by atoms with van der Waals surface area (Å²) in [7, 11) is 0. The molecule has 3 amide bonds. The van der Waals surface area contributed by atoms with E-state index in [-0.39, 0.29) is 6.42 Å². The van der Waals surface area contributed by atoms with Gasteiger partial charge in [0.2, 0.25) is 0 Å². The van der Waals surface area contributed by atoms with Crippen molar-refractivity contribution in [3.63, 3.8) is 0 Å². The second-order valence-corrected chi connectivity index (χ2v) is 2.30. The van der Waals surface area contributed by atoms with Crippen LogP contribution in [0.3, 0.4) is 0 Å². The predicted octanol–water partition coefficient (Wildman–Crippen LogP) is -0.664. The van der Waals surface area contributed by atoms with E-state index in [4.69, 9.17) is 0 Å². The Morgan fingerprint density at radius 3 is 1.33 bits per heavy atom. The molecule has 9 nitrogen and oxygen atoms in total. The number of rotatable bonds is 4. The first kappa shape index (κ1) is 12.8. The van der Waals surface area contributed by atoms with Crippen LogP contribution in [-0.2, 0) is 14.2 Å². The van der Waals surface area contributed by atoms with E-state index in [2.05, 4.69) is 31.4 Å². The fraction of sp³-hybridized carbons (Fsp3) is 0.500. The molecule has 0 saturated carbocycles. The molecule has 0 spiro atoms. The maximum Gasteiger partial charge on any atom is 0.426 e. The fourth-order valence-electron chi connectivity index (χ4n) is 0.739. The molecule has 0 unspecified atom stereocenters. The maximum atomic E-state index is 10.5. The molecule has 6 N–H and O–H groups in total. The molecule has 0 bridgehead atoms. The minimum Gasteiger partial charge on any atom is -0.371 e. The SMILES string of the molecule is CCC(OC(N)=O)(OC(N)=O)OC(N)=O. The number of carbonyl (C=O) groups is 3. The molecule has 0 atom stereocenters. The number of amides is 3. The summed E-state index contributed by atoms with van der Waals surface area (Å²) in [5.41, 5.74) is 14.0. The fourth-order valence-corrected chi connectivity index (χ4v) is 0.739. The lowest BCUT2D eigenvalue weighted by molar-refractivity contribution is -0.296. The Balaban J connectivity index is 4.81. The third-order valence-corrected chi connectivity index (χ3v) is 1.20. The van der Waals surface area contributed by atoms with E-state index < -0.39 is 24.3 Å². The van der Waals surface area contributed by atoms with E-state index >= 15 is 0 Å². The molecule has 86 valence electrons. The zero-order valence-electron chi connectivity index (χ0n) is 7.89. The van der Waals surface area contributed by atoms with Gasteiger partial charge in [0.05, 0.1) is 6.42 Å². The van der Waals surface area contributed by atoms with Crippen LogP contribution in [0.2, 0.25) is 0 Å². The summed E-state index contributed by atoms with van der Waals surface area (Å²) in [5.74, 6) is -2.32. The van der Waals surface area contributed by atoms with Gasteiger partial charge in [0, 0.05) is 0 Å². The summed E-state index contributed by atoms with van der Waals surface area (Å²) in [4.78, 5) is 31.4. The number of carbonyl (C=O) groups excluding carboxylic acids is 3. The highest BCUT2D eigenvalue weighted by Gasteiger charge is 2.40. The van der Waals surface area contributed by atoms with Gasteiger partial charge in [0.15, 0.2) is 0 Å². The minimum absolute atomic E-state index is 0.220. The van der Waals surface area contributed by atoms with E-state index in [9.17, 15) is 14.4 Å². The molecule has 0 aromatic heterocycles. The Hall–Kier alpha value is -2.19. The second kappa shape index (κ2) is 4.88. The number of hydrogen-bond acceptors (Lipinski definition) is 6. The lowest BCUT2D eigenvalue weighted by Crippen LogP contribution is -2.47. The van der Waals surface area contributed by atoms with Crippen molar-refractivity contribution in [2.75, 3.05) is 0 Å². The molecule has 0 aliphatic rings. The van der Waals surface area contributed by atoms with Gasteiger partial charge < -0.3 is 31.4 Å². The van der Waals surface area contributed by atoms with Crippen LogP contribution in [0.15, 0.2) is 0 Å². The Morgan fingerprint density at radius 2 is 1.20 bits per heavy atom. The third-order valence-electron chi connectivity index (χ3n) is 1.20. The van der Waals surface area contributed by atoms with E-state index in [1.54, 1.807) is 0 Å². The summed E-state index contributed by atoms with van der Waals surface area (Å²) < 4.78 is 12.9. The Kier molecular flexibility index (Phi) is 4.17. The maximum absolute atomic E-state index is 10.5. The van der Waals surface area contributed by atoms with Crippen LogP contribution >= 0.6 is 0 Å². The summed E-state index contributed by atoms with van der Waals surface area (Å²) in [6.07, 6.45) is -4.18. The molecule has 15 heavy (non-hydrogen) atoms. The molecular weight excluding hydrogens is 210 g/mol. The van der Waals surface area contributed by atoms with Gasteiger partial charge in [0.25, 0.3) is 0 Å². The van der Waals surface area contributed by atoms with Crippen LogP contribution in [0.1, 0.15) is 13.3 Å². The number of ether oxygens (including phenoxy) is 3. The van der Waals surface area contributed by atoms with Gasteiger partial charge in [-0.2, -0.15) is 0 Å².